The number of ether oxygens (including phenoxy) is 1. The molecule has 0 radical (unpaired) electrons. The summed E-state index contributed by atoms with van der Waals surface area (Å²) in [7, 11) is 0. The Bertz CT molecular complexity index is 1410. The van der Waals surface area contributed by atoms with E-state index in [9.17, 15) is 9.59 Å². The Morgan fingerprint density at radius 1 is 1.15 bits per heavy atom. The SMILES string of the molecule is CC(C)(C)OC(=O)N1CCC(c2ccc3[nH]c(-c4c(N)c5sccc5[nH]c4=O)nc3n2)CC1. The van der Waals surface area contributed by atoms with Gasteiger partial charge < -0.3 is 25.3 Å². The molecular weight excluding hydrogens is 440 g/mol. The number of amides is 1. The Hall–Kier alpha value is -3.40. The summed E-state index contributed by atoms with van der Waals surface area (Å²) in [6.45, 7) is 6.86. The minimum absolute atomic E-state index is 0.226. The van der Waals surface area contributed by atoms with Gasteiger partial charge in [0.2, 0.25) is 0 Å². The quantitative estimate of drug-likeness (QED) is 0.405. The molecule has 9 nitrogen and oxygen atoms in total. The highest BCUT2D eigenvalue weighted by atomic mass is 32.1. The van der Waals surface area contributed by atoms with Crippen LogP contribution in [0.4, 0.5) is 10.5 Å². The fraction of sp³-hybridized carbons (Fsp3) is 0.391. The van der Waals surface area contributed by atoms with Gasteiger partial charge in [-0.15, -0.1) is 11.3 Å². The maximum absolute atomic E-state index is 12.7. The number of hydrogen-bond donors (Lipinski definition) is 3. The summed E-state index contributed by atoms with van der Waals surface area (Å²) in [4.78, 5) is 42.1. The Morgan fingerprint density at radius 3 is 2.64 bits per heavy atom. The van der Waals surface area contributed by atoms with Crippen molar-refractivity contribution < 1.29 is 9.53 Å². The van der Waals surface area contributed by atoms with Crippen molar-refractivity contribution in [2.24, 2.45) is 0 Å². The second-order valence-electron chi connectivity index (χ2n) is 9.34. The molecule has 4 aromatic rings. The molecule has 5 rings (SSSR count). The molecule has 1 amide bonds. The number of likely N-dealkylation sites (tertiary alicyclic amines) is 1. The van der Waals surface area contributed by atoms with E-state index in [-0.39, 0.29) is 17.6 Å². The molecule has 0 saturated carbocycles. The van der Waals surface area contributed by atoms with E-state index in [1.54, 1.807) is 4.90 Å². The fourth-order valence-corrected chi connectivity index (χ4v) is 5.02. The summed E-state index contributed by atoms with van der Waals surface area (Å²) in [6.07, 6.45) is 1.33. The number of piperidine rings is 1. The maximum Gasteiger partial charge on any atom is 0.410 e. The van der Waals surface area contributed by atoms with Gasteiger partial charge in [-0.2, -0.15) is 0 Å². The number of nitrogen functional groups attached to an aromatic ring is 1. The van der Waals surface area contributed by atoms with Crippen LogP contribution in [0.1, 0.15) is 45.2 Å². The van der Waals surface area contributed by atoms with Crippen LogP contribution >= 0.6 is 11.3 Å². The lowest BCUT2D eigenvalue weighted by Gasteiger charge is -2.33. The van der Waals surface area contributed by atoms with Gasteiger partial charge in [0.15, 0.2) is 5.65 Å². The number of nitrogens with zero attached hydrogens (tertiary/aromatic N) is 3. The average Bonchev–Trinajstić information content (AvgIpc) is 3.39. The number of pyridine rings is 2. The number of imidazole rings is 1. The molecule has 0 bridgehead atoms. The third kappa shape index (κ3) is 4.06. The summed E-state index contributed by atoms with van der Waals surface area (Å²) < 4.78 is 6.31. The van der Waals surface area contributed by atoms with Gasteiger partial charge in [0.1, 0.15) is 17.0 Å². The highest BCUT2D eigenvalue weighted by Crippen LogP contribution is 2.32. The van der Waals surface area contributed by atoms with Crippen LogP contribution in [0.5, 0.6) is 0 Å². The van der Waals surface area contributed by atoms with Crippen molar-refractivity contribution >= 4 is 44.5 Å². The number of nitrogens with one attached hydrogen (secondary N) is 2. The number of H-pyrrole nitrogens is 2. The molecule has 0 atom stereocenters. The van der Waals surface area contributed by atoms with Gasteiger partial charge in [0.05, 0.1) is 21.4 Å². The molecule has 33 heavy (non-hydrogen) atoms. The number of aromatic amines is 2. The number of hydrogen-bond acceptors (Lipinski definition) is 7. The van der Waals surface area contributed by atoms with Crippen LogP contribution in [-0.2, 0) is 4.74 Å². The molecular formula is C23H26N6O3S. The number of thiophene rings is 1. The molecule has 0 aromatic carbocycles. The van der Waals surface area contributed by atoms with Crippen LogP contribution in [0.3, 0.4) is 0 Å². The molecule has 10 heteroatoms. The largest absolute Gasteiger partial charge is 0.444 e. The number of nitrogens with two attached hydrogens (primary N) is 1. The van der Waals surface area contributed by atoms with Crippen LogP contribution in [0.2, 0.25) is 0 Å². The fourth-order valence-electron chi connectivity index (χ4n) is 4.21. The highest BCUT2D eigenvalue weighted by Gasteiger charge is 2.28. The second-order valence-corrected chi connectivity index (χ2v) is 10.3. The lowest BCUT2D eigenvalue weighted by atomic mass is 9.93. The van der Waals surface area contributed by atoms with Crippen LogP contribution in [-0.4, -0.2) is 49.6 Å². The molecule has 172 valence electrons. The van der Waals surface area contributed by atoms with Gasteiger partial charge in [-0.05, 0) is 57.2 Å². The first-order valence-electron chi connectivity index (χ1n) is 10.9. The van der Waals surface area contributed by atoms with Crippen LogP contribution in [0, 0.1) is 0 Å². The van der Waals surface area contributed by atoms with E-state index in [1.807, 2.05) is 44.4 Å². The standard InChI is InChI=1S/C23H26N6O3S/c1-23(2,3)32-22(31)29-9-6-12(7-10-29)13-4-5-15-19(25-13)28-20(26-15)16-17(24)18-14(8-11-33-18)27-21(16)30/h4-5,8,11-12H,6-7,9-10H2,1-3H3,(H3,24,27,30)(H,25,26,28). The first-order chi connectivity index (χ1) is 15.7. The van der Waals surface area contributed by atoms with Crippen molar-refractivity contribution in [3.05, 3.63) is 39.6 Å². The molecule has 4 aromatic heterocycles. The van der Waals surface area contributed by atoms with Crippen LogP contribution < -0.4 is 11.3 Å². The molecule has 4 N–H and O–H groups in total. The summed E-state index contributed by atoms with van der Waals surface area (Å²) in [5.41, 5.74) is 9.20. The summed E-state index contributed by atoms with van der Waals surface area (Å²) in [5, 5.41) is 1.89. The van der Waals surface area contributed by atoms with Gasteiger partial charge in [-0.3, -0.25) is 4.79 Å². The molecule has 0 unspecified atom stereocenters. The Labute approximate surface area is 194 Å². The van der Waals surface area contributed by atoms with E-state index in [0.717, 1.165) is 34.3 Å². The topological polar surface area (TPSA) is 130 Å². The monoisotopic (exact) mass is 466 g/mol. The molecule has 1 fully saturated rings. The van der Waals surface area contributed by atoms with E-state index in [0.29, 0.717) is 35.8 Å². The Kier molecular flexibility index (Phi) is 5.12. The minimum atomic E-state index is -0.503. The molecule has 1 aliphatic heterocycles. The Morgan fingerprint density at radius 2 is 1.91 bits per heavy atom. The summed E-state index contributed by atoms with van der Waals surface area (Å²) in [5.74, 6) is 0.632. The van der Waals surface area contributed by atoms with Crippen molar-refractivity contribution in [3.63, 3.8) is 0 Å². The van der Waals surface area contributed by atoms with Gasteiger partial charge in [-0.25, -0.2) is 14.8 Å². The molecule has 0 spiro atoms. The average molecular weight is 467 g/mol. The number of rotatable bonds is 2. The smallest absolute Gasteiger partial charge is 0.410 e. The molecule has 0 aliphatic carbocycles. The van der Waals surface area contributed by atoms with E-state index in [4.69, 9.17) is 15.5 Å². The zero-order valence-electron chi connectivity index (χ0n) is 18.8. The van der Waals surface area contributed by atoms with Crippen LogP contribution in [0.25, 0.3) is 32.8 Å². The van der Waals surface area contributed by atoms with E-state index in [2.05, 4.69) is 15.0 Å². The predicted octanol–water partition coefficient (Wildman–Crippen LogP) is 4.22. The van der Waals surface area contributed by atoms with Crippen molar-refractivity contribution in [3.8, 4) is 11.4 Å². The van der Waals surface area contributed by atoms with Crippen LogP contribution in [0.15, 0.2) is 28.4 Å². The number of fused-ring (bicyclic) bond motifs is 2. The zero-order chi connectivity index (χ0) is 23.3. The van der Waals surface area contributed by atoms with Crippen molar-refractivity contribution in [2.75, 3.05) is 18.8 Å². The van der Waals surface area contributed by atoms with Crippen molar-refractivity contribution in [1.29, 1.82) is 0 Å². The summed E-state index contributed by atoms with van der Waals surface area (Å²) >= 11 is 1.48. The van der Waals surface area contributed by atoms with Crippen molar-refractivity contribution in [2.45, 2.75) is 45.1 Å². The number of carbonyl (C=O) groups excluding carboxylic acids is 1. The van der Waals surface area contributed by atoms with Crippen molar-refractivity contribution in [1.82, 2.24) is 24.8 Å². The van der Waals surface area contributed by atoms with Gasteiger partial charge >= 0.3 is 6.09 Å². The van der Waals surface area contributed by atoms with Gasteiger partial charge in [0, 0.05) is 24.7 Å². The molecule has 1 aliphatic rings. The van der Waals surface area contributed by atoms with E-state index < -0.39 is 5.60 Å². The normalized spacial score (nSPS) is 15.4. The third-order valence-electron chi connectivity index (χ3n) is 5.82. The summed E-state index contributed by atoms with van der Waals surface area (Å²) in [6, 6.07) is 5.75. The zero-order valence-corrected chi connectivity index (χ0v) is 19.6. The first kappa shape index (κ1) is 21.4. The lowest BCUT2D eigenvalue weighted by Crippen LogP contribution is -2.41. The lowest BCUT2D eigenvalue weighted by molar-refractivity contribution is 0.0204. The molecule has 5 heterocycles. The van der Waals surface area contributed by atoms with Gasteiger partial charge in [0.25, 0.3) is 5.56 Å². The predicted molar refractivity (Wildman–Crippen MR) is 130 cm³/mol. The van der Waals surface area contributed by atoms with E-state index in [1.165, 1.54) is 11.3 Å². The second kappa shape index (κ2) is 7.87. The van der Waals surface area contributed by atoms with Gasteiger partial charge in [-0.1, -0.05) is 0 Å². The minimum Gasteiger partial charge on any atom is -0.444 e. The highest BCUT2D eigenvalue weighted by molar-refractivity contribution is 7.17. The number of anilines is 1. The van der Waals surface area contributed by atoms with E-state index >= 15 is 0 Å². The Balaban J connectivity index is 1.38. The number of carbonyl (C=O) groups is 1. The maximum atomic E-state index is 12.7. The number of aromatic nitrogens is 4. The molecule has 1 saturated heterocycles. The third-order valence-corrected chi connectivity index (χ3v) is 6.77. The first-order valence-corrected chi connectivity index (χ1v) is 11.8.